The van der Waals surface area contributed by atoms with Crippen molar-refractivity contribution in [1.82, 2.24) is 9.97 Å². The maximum Gasteiger partial charge on any atom is 0.433 e. The molecule has 0 unspecified atom stereocenters. The summed E-state index contributed by atoms with van der Waals surface area (Å²) in [7, 11) is 0. The number of nitrogens with one attached hydrogen (secondary N) is 2. The Balaban J connectivity index is 2.28. The molecule has 0 aliphatic rings. The average Bonchev–Trinajstić information content (AvgIpc) is 2.44. The molecule has 4 N–H and O–H groups in total. The van der Waals surface area contributed by atoms with Crippen LogP contribution in [-0.4, -0.2) is 15.9 Å². The summed E-state index contributed by atoms with van der Waals surface area (Å²) in [5.74, 6) is -1.32. The summed E-state index contributed by atoms with van der Waals surface area (Å²) in [6, 6.07) is 4.12. The Labute approximate surface area is 135 Å². The summed E-state index contributed by atoms with van der Waals surface area (Å²) in [6.45, 7) is 0. The van der Waals surface area contributed by atoms with Crippen molar-refractivity contribution in [2.45, 2.75) is 12.4 Å². The molecule has 1 heterocycles. The Morgan fingerprint density at radius 3 is 2.40 bits per heavy atom. The van der Waals surface area contributed by atoms with Gasteiger partial charge in [-0.15, -0.1) is 0 Å². The van der Waals surface area contributed by atoms with E-state index in [0.29, 0.717) is 0 Å². The minimum atomic E-state index is -4.87. The number of aromatic nitrogens is 2. The maximum atomic E-state index is 12.6. The highest BCUT2D eigenvalue weighted by atomic mass is 19.4. The van der Waals surface area contributed by atoms with Crippen LogP contribution in [0.15, 0.2) is 40.1 Å². The van der Waals surface area contributed by atoms with Crippen LogP contribution in [0.1, 0.15) is 11.3 Å². The normalized spacial score (nSPS) is 13.0. The lowest BCUT2D eigenvalue weighted by molar-refractivity contribution is -0.141. The van der Waals surface area contributed by atoms with Crippen LogP contribution in [0.3, 0.4) is 0 Å². The number of nitrogens with zero attached hydrogens (tertiary/aromatic N) is 2. The minimum absolute atomic E-state index is 0.106. The first kappa shape index (κ1) is 18.3. The topological polar surface area (TPSA) is 96.2 Å². The second kappa shape index (κ2) is 6.45. The fraction of sp³-hybridized carbons (Fsp3) is 0.154. The molecule has 0 aliphatic heterocycles. The van der Waals surface area contributed by atoms with Crippen LogP contribution in [0.2, 0.25) is 0 Å². The SMILES string of the molecule is N/C(=N\c1nc(C(F)(F)F)cc(=O)[nH]1)Nc1cccc(C(F)(F)F)c1. The number of hydrogen-bond donors (Lipinski definition) is 3. The van der Waals surface area contributed by atoms with E-state index in [-0.39, 0.29) is 11.8 Å². The zero-order chi connectivity index (χ0) is 18.8. The first-order valence-corrected chi connectivity index (χ1v) is 6.42. The number of rotatable bonds is 2. The van der Waals surface area contributed by atoms with E-state index in [2.05, 4.69) is 15.3 Å². The van der Waals surface area contributed by atoms with Crippen molar-refractivity contribution in [1.29, 1.82) is 0 Å². The van der Waals surface area contributed by atoms with E-state index in [1.807, 2.05) is 4.98 Å². The van der Waals surface area contributed by atoms with Gasteiger partial charge in [0.2, 0.25) is 11.9 Å². The Morgan fingerprint density at radius 2 is 1.80 bits per heavy atom. The Hall–Kier alpha value is -3.05. The lowest BCUT2D eigenvalue weighted by Crippen LogP contribution is -2.23. The Morgan fingerprint density at radius 1 is 1.12 bits per heavy atom. The Bertz CT molecular complexity index is 855. The van der Waals surface area contributed by atoms with Crippen LogP contribution < -0.4 is 16.6 Å². The molecule has 0 radical (unpaired) electrons. The lowest BCUT2D eigenvalue weighted by atomic mass is 10.2. The number of aliphatic imine (C=N–C) groups is 1. The van der Waals surface area contributed by atoms with Gasteiger partial charge in [0.15, 0.2) is 5.69 Å². The van der Waals surface area contributed by atoms with Gasteiger partial charge in [0.1, 0.15) is 0 Å². The van der Waals surface area contributed by atoms with Crippen LogP contribution in [-0.2, 0) is 12.4 Å². The molecule has 25 heavy (non-hydrogen) atoms. The van der Waals surface area contributed by atoms with Gasteiger partial charge < -0.3 is 11.1 Å². The predicted octanol–water partition coefficient (Wildman–Crippen LogP) is 2.87. The highest BCUT2D eigenvalue weighted by Crippen LogP contribution is 2.30. The molecule has 0 spiro atoms. The third-order valence-corrected chi connectivity index (χ3v) is 2.71. The van der Waals surface area contributed by atoms with Crippen molar-refractivity contribution in [2.24, 2.45) is 10.7 Å². The van der Waals surface area contributed by atoms with Gasteiger partial charge in [-0.2, -0.15) is 31.3 Å². The van der Waals surface area contributed by atoms with Crippen molar-refractivity contribution in [3.63, 3.8) is 0 Å². The first-order chi connectivity index (χ1) is 11.4. The summed E-state index contributed by atoms with van der Waals surface area (Å²) >= 11 is 0. The summed E-state index contributed by atoms with van der Waals surface area (Å²) in [6.07, 6.45) is -9.46. The third-order valence-electron chi connectivity index (χ3n) is 2.71. The maximum absolute atomic E-state index is 12.6. The molecule has 12 heteroatoms. The minimum Gasteiger partial charge on any atom is -0.369 e. The van der Waals surface area contributed by atoms with E-state index in [4.69, 9.17) is 5.73 Å². The quantitative estimate of drug-likeness (QED) is 0.433. The van der Waals surface area contributed by atoms with Gasteiger partial charge in [-0.05, 0) is 18.2 Å². The van der Waals surface area contributed by atoms with Gasteiger partial charge in [0.05, 0.1) is 5.56 Å². The number of hydrogen-bond acceptors (Lipinski definition) is 3. The van der Waals surface area contributed by atoms with E-state index < -0.39 is 41.1 Å². The molecule has 0 saturated heterocycles. The number of benzene rings is 1. The largest absolute Gasteiger partial charge is 0.433 e. The van der Waals surface area contributed by atoms with Crippen LogP contribution >= 0.6 is 0 Å². The fourth-order valence-corrected chi connectivity index (χ4v) is 1.71. The fourth-order valence-electron chi connectivity index (χ4n) is 1.71. The van der Waals surface area contributed by atoms with E-state index in [1.165, 1.54) is 6.07 Å². The van der Waals surface area contributed by atoms with Crippen LogP contribution in [0, 0.1) is 0 Å². The van der Waals surface area contributed by atoms with Gasteiger partial charge in [0.25, 0.3) is 5.56 Å². The molecule has 2 aromatic rings. The predicted molar refractivity (Wildman–Crippen MR) is 76.2 cm³/mol. The van der Waals surface area contributed by atoms with Gasteiger partial charge >= 0.3 is 12.4 Å². The van der Waals surface area contributed by atoms with Crippen molar-refractivity contribution in [3.05, 3.63) is 51.9 Å². The molecular formula is C13H9F6N5O. The number of alkyl halides is 6. The number of H-pyrrole nitrogens is 1. The summed E-state index contributed by atoms with van der Waals surface area (Å²) in [4.78, 5) is 19.6. The van der Waals surface area contributed by atoms with Crippen molar-refractivity contribution >= 4 is 17.6 Å². The summed E-state index contributed by atoms with van der Waals surface area (Å²) in [5, 5.41) is 2.27. The van der Waals surface area contributed by atoms with E-state index in [0.717, 1.165) is 18.2 Å². The van der Waals surface area contributed by atoms with E-state index in [1.54, 1.807) is 0 Å². The number of halogens is 6. The van der Waals surface area contributed by atoms with Crippen LogP contribution in [0.4, 0.5) is 38.0 Å². The molecule has 0 atom stereocenters. The summed E-state index contributed by atoms with van der Waals surface area (Å²) in [5.41, 5.74) is 1.75. The van der Waals surface area contributed by atoms with Crippen molar-refractivity contribution in [3.8, 4) is 0 Å². The number of aromatic amines is 1. The number of anilines is 1. The molecule has 134 valence electrons. The van der Waals surface area contributed by atoms with Crippen LogP contribution in [0.25, 0.3) is 0 Å². The highest BCUT2D eigenvalue weighted by Gasteiger charge is 2.33. The number of nitrogens with two attached hydrogens (primary N) is 1. The smallest absolute Gasteiger partial charge is 0.369 e. The molecular weight excluding hydrogens is 356 g/mol. The molecule has 0 fully saturated rings. The molecule has 0 amide bonds. The van der Waals surface area contributed by atoms with Crippen molar-refractivity contribution < 1.29 is 26.3 Å². The monoisotopic (exact) mass is 365 g/mol. The highest BCUT2D eigenvalue weighted by molar-refractivity contribution is 5.93. The van der Waals surface area contributed by atoms with Gasteiger partial charge in [-0.3, -0.25) is 9.78 Å². The molecule has 1 aromatic carbocycles. The molecule has 0 bridgehead atoms. The molecule has 0 saturated carbocycles. The second-order valence-corrected chi connectivity index (χ2v) is 4.65. The van der Waals surface area contributed by atoms with Gasteiger partial charge in [-0.25, -0.2) is 4.98 Å². The average molecular weight is 365 g/mol. The second-order valence-electron chi connectivity index (χ2n) is 4.65. The van der Waals surface area contributed by atoms with Gasteiger partial charge in [0, 0.05) is 11.8 Å². The molecule has 6 nitrogen and oxygen atoms in total. The standard InChI is InChI=1S/C13H9F6N5O/c14-12(15,16)6-2-1-3-7(4-6)21-10(20)24-11-22-8(13(17,18)19)5-9(25)23-11/h1-5H,(H4,20,21,22,23,24,25). The lowest BCUT2D eigenvalue weighted by Gasteiger charge is -2.10. The third kappa shape index (κ3) is 4.96. The molecule has 1 aromatic heterocycles. The summed E-state index contributed by atoms with van der Waals surface area (Å²) < 4.78 is 75.5. The number of guanidine groups is 1. The zero-order valence-electron chi connectivity index (χ0n) is 12.0. The first-order valence-electron chi connectivity index (χ1n) is 6.42. The molecule has 0 aliphatic carbocycles. The van der Waals surface area contributed by atoms with Crippen LogP contribution in [0.5, 0.6) is 0 Å². The van der Waals surface area contributed by atoms with Gasteiger partial charge in [-0.1, -0.05) is 6.07 Å². The zero-order valence-corrected chi connectivity index (χ0v) is 12.0. The van der Waals surface area contributed by atoms with Crippen molar-refractivity contribution in [2.75, 3.05) is 5.32 Å². The molecule has 2 rings (SSSR count). The van der Waals surface area contributed by atoms with E-state index >= 15 is 0 Å². The van der Waals surface area contributed by atoms with E-state index in [9.17, 15) is 31.1 Å². The Kier molecular flexibility index (Phi) is 4.72.